The number of rotatable bonds is 4. The molecule has 2 bridgehead atoms. The van der Waals surface area contributed by atoms with Gasteiger partial charge in [0.15, 0.2) is 0 Å². The first kappa shape index (κ1) is 23.5. The van der Waals surface area contributed by atoms with Crippen molar-refractivity contribution in [3.8, 4) is 0 Å². The molecule has 0 aromatic heterocycles. The summed E-state index contributed by atoms with van der Waals surface area (Å²) in [4.78, 5) is 2.83. The van der Waals surface area contributed by atoms with Gasteiger partial charge in [-0.05, 0) is 95.6 Å². The van der Waals surface area contributed by atoms with Gasteiger partial charge in [-0.2, -0.15) is 0 Å². The molecule has 1 heterocycles. The van der Waals surface area contributed by atoms with Crippen molar-refractivity contribution in [1.82, 2.24) is 15.5 Å². The van der Waals surface area contributed by atoms with E-state index in [1.807, 2.05) is 13.8 Å². The number of fused-ring (bicyclic) bond motifs is 1. The molecule has 170 valence electrons. The molecular weight excluding hydrogens is 354 g/mol. The summed E-state index contributed by atoms with van der Waals surface area (Å²) in [6, 6.07) is 1.57. The van der Waals surface area contributed by atoms with Gasteiger partial charge >= 0.3 is 0 Å². The lowest BCUT2D eigenvalue weighted by Gasteiger charge is -2.51. The summed E-state index contributed by atoms with van der Waals surface area (Å²) in [5.74, 6) is 2.70. The van der Waals surface area contributed by atoms with Crippen molar-refractivity contribution in [2.45, 2.75) is 135 Å². The minimum atomic E-state index is 0.519. The van der Waals surface area contributed by atoms with Gasteiger partial charge in [0.05, 0.1) is 6.17 Å². The lowest BCUT2D eigenvalue weighted by Crippen LogP contribution is -2.57. The van der Waals surface area contributed by atoms with Gasteiger partial charge in [-0.25, -0.2) is 0 Å². The van der Waals surface area contributed by atoms with E-state index in [-0.39, 0.29) is 0 Å². The quantitative estimate of drug-likeness (QED) is 0.606. The average molecular weight is 406 g/mol. The van der Waals surface area contributed by atoms with Gasteiger partial charge in [-0.3, -0.25) is 10.2 Å². The SMILES string of the molecule is CC.CC1CCCCCNC(NC2CCC(N(C)C34CCC(C3)C4)CC2)C(C)C1. The number of nitrogens with one attached hydrogen (secondary N) is 2. The molecule has 3 heteroatoms. The topological polar surface area (TPSA) is 27.3 Å². The second-order valence-electron chi connectivity index (χ2n) is 10.9. The third-order valence-electron chi connectivity index (χ3n) is 8.84. The highest BCUT2D eigenvalue weighted by molar-refractivity contribution is 5.09. The molecule has 5 fully saturated rings. The highest BCUT2D eigenvalue weighted by atomic mass is 15.2. The van der Waals surface area contributed by atoms with E-state index in [1.54, 1.807) is 0 Å². The van der Waals surface area contributed by atoms with Crippen LogP contribution >= 0.6 is 0 Å². The summed E-state index contributed by atoms with van der Waals surface area (Å²) in [5.41, 5.74) is 0.623. The van der Waals surface area contributed by atoms with Crippen LogP contribution in [-0.4, -0.2) is 42.3 Å². The van der Waals surface area contributed by atoms with Gasteiger partial charge < -0.3 is 5.32 Å². The summed E-state index contributed by atoms with van der Waals surface area (Å²) in [6.07, 6.45) is 19.0. The fourth-order valence-corrected chi connectivity index (χ4v) is 7.00. The van der Waals surface area contributed by atoms with Gasteiger partial charge in [0.1, 0.15) is 0 Å². The Kier molecular flexibility index (Phi) is 8.89. The first-order chi connectivity index (χ1) is 14.1. The molecule has 0 amide bonds. The molecule has 3 nitrogen and oxygen atoms in total. The Balaban J connectivity index is 0.00000117. The first-order valence-electron chi connectivity index (χ1n) is 13.3. The minimum Gasteiger partial charge on any atom is -0.302 e. The van der Waals surface area contributed by atoms with Crippen LogP contribution in [0.1, 0.15) is 111 Å². The molecule has 5 rings (SSSR count). The molecule has 1 aliphatic heterocycles. The van der Waals surface area contributed by atoms with E-state index < -0.39 is 0 Å². The third kappa shape index (κ3) is 5.77. The molecular formula is C26H51N3. The summed E-state index contributed by atoms with van der Waals surface area (Å²) in [5, 5.41) is 7.94. The van der Waals surface area contributed by atoms with Crippen molar-refractivity contribution < 1.29 is 0 Å². The average Bonchev–Trinajstić information content (AvgIpc) is 3.33. The molecule has 29 heavy (non-hydrogen) atoms. The summed E-state index contributed by atoms with van der Waals surface area (Å²) >= 11 is 0. The molecule has 3 atom stereocenters. The zero-order valence-corrected chi connectivity index (χ0v) is 20.3. The Morgan fingerprint density at radius 1 is 0.897 bits per heavy atom. The highest BCUT2D eigenvalue weighted by Gasteiger charge is 2.54. The predicted molar refractivity (Wildman–Crippen MR) is 126 cm³/mol. The molecule has 0 aromatic rings. The maximum Gasteiger partial charge on any atom is 0.0600 e. The molecule has 2 N–H and O–H groups in total. The van der Waals surface area contributed by atoms with E-state index in [0.717, 1.165) is 29.8 Å². The standard InChI is InChI=1S/C24H45N3.C2H6/c1-18-7-5-4-6-14-25-23(19(2)15-18)26-21-8-10-22(11-9-21)27(3)24-13-12-20(16-24)17-24;1-2/h18-23,25-26H,4-17H2,1-3H3;1-2H3. The lowest BCUT2D eigenvalue weighted by molar-refractivity contribution is -0.00141. The van der Waals surface area contributed by atoms with E-state index in [0.29, 0.717) is 11.7 Å². The zero-order valence-electron chi connectivity index (χ0n) is 20.3. The van der Waals surface area contributed by atoms with Crippen molar-refractivity contribution in [3.05, 3.63) is 0 Å². The molecule has 0 spiro atoms. The predicted octanol–water partition coefficient (Wildman–Crippen LogP) is 5.94. The molecule has 3 unspecified atom stereocenters. The van der Waals surface area contributed by atoms with Gasteiger partial charge in [0.25, 0.3) is 0 Å². The van der Waals surface area contributed by atoms with Crippen LogP contribution in [0.2, 0.25) is 0 Å². The largest absolute Gasteiger partial charge is 0.302 e. The summed E-state index contributed by atoms with van der Waals surface area (Å²) < 4.78 is 0. The Morgan fingerprint density at radius 2 is 1.62 bits per heavy atom. The van der Waals surface area contributed by atoms with Gasteiger partial charge in [0, 0.05) is 17.6 Å². The lowest BCUT2D eigenvalue weighted by atomic mass is 9.74. The Bertz CT molecular complexity index is 459. The normalized spacial score (nSPS) is 43.2. The number of hydrogen-bond donors (Lipinski definition) is 2. The van der Waals surface area contributed by atoms with E-state index in [4.69, 9.17) is 0 Å². The van der Waals surface area contributed by atoms with Crippen molar-refractivity contribution in [2.75, 3.05) is 13.6 Å². The Hall–Kier alpha value is -0.120. The molecule has 1 saturated heterocycles. The van der Waals surface area contributed by atoms with Crippen molar-refractivity contribution in [3.63, 3.8) is 0 Å². The van der Waals surface area contributed by atoms with Crippen LogP contribution in [0.3, 0.4) is 0 Å². The second kappa shape index (κ2) is 11.0. The monoisotopic (exact) mass is 405 g/mol. The summed E-state index contributed by atoms with van der Waals surface area (Å²) in [7, 11) is 2.45. The molecule has 4 saturated carbocycles. The van der Waals surface area contributed by atoms with Crippen molar-refractivity contribution >= 4 is 0 Å². The van der Waals surface area contributed by atoms with Gasteiger partial charge in [-0.15, -0.1) is 0 Å². The molecule has 0 radical (unpaired) electrons. The zero-order chi connectivity index (χ0) is 20.9. The fourth-order valence-electron chi connectivity index (χ4n) is 7.00. The van der Waals surface area contributed by atoms with Gasteiger partial charge in [0.2, 0.25) is 0 Å². The van der Waals surface area contributed by atoms with Crippen molar-refractivity contribution in [1.29, 1.82) is 0 Å². The van der Waals surface area contributed by atoms with Crippen LogP contribution in [0.25, 0.3) is 0 Å². The van der Waals surface area contributed by atoms with E-state index in [2.05, 4.69) is 36.4 Å². The second-order valence-corrected chi connectivity index (χ2v) is 10.9. The van der Waals surface area contributed by atoms with Crippen LogP contribution in [0.15, 0.2) is 0 Å². The third-order valence-corrected chi connectivity index (χ3v) is 8.84. The van der Waals surface area contributed by atoms with Gasteiger partial charge in [-0.1, -0.05) is 47.0 Å². The number of hydrogen-bond acceptors (Lipinski definition) is 3. The van der Waals surface area contributed by atoms with Crippen LogP contribution in [-0.2, 0) is 0 Å². The molecule has 4 aliphatic carbocycles. The number of nitrogens with zero attached hydrogens (tertiary/aromatic N) is 1. The van der Waals surface area contributed by atoms with Crippen LogP contribution in [0, 0.1) is 17.8 Å². The first-order valence-corrected chi connectivity index (χ1v) is 13.3. The highest BCUT2D eigenvalue weighted by Crippen LogP contribution is 2.56. The molecule has 0 aromatic carbocycles. The maximum atomic E-state index is 4.06. The van der Waals surface area contributed by atoms with Crippen LogP contribution in [0.5, 0.6) is 0 Å². The van der Waals surface area contributed by atoms with E-state index in [1.165, 1.54) is 90.0 Å². The Labute approximate surface area is 182 Å². The minimum absolute atomic E-state index is 0.519. The smallest absolute Gasteiger partial charge is 0.0600 e. The van der Waals surface area contributed by atoms with Crippen molar-refractivity contribution in [2.24, 2.45) is 17.8 Å². The fraction of sp³-hybridized carbons (Fsp3) is 1.00. The Morgan fingerprint density at radius 3 is 2.28 bits per heavy atom. The maximum absolute atomic E-state index is 4.06. The van der Waals surface area contributed by atoms with E-state index >= 15 is 0 Å². The summed E-state index contributed by atoms with van der Waals surface area (Å²) in [6.45, 7) is 10.1. The molecule has 5 aliphatic rings. The van der Waals surface area contributed by atoms with Crippen LogP contribution < -0.4 is 10.6 Å². The van der Waals surface area contributed by atoms with Crippen LogP contribution in [0.4, 0.5) is 0 Å². The van der Waals surface area contributed by atoms with E-state index in [9.17, 15) is 0 Å².